The van der Waals surface area contributed by atoms with Crippen LogP contribution in [0.5, 0.6) is 0 Å². The van der Waals surface area contributed by atoms with Crippen LogP contribution >= 0.6 is 11.6 Å². The number of allylic oxidation sites excluding steroid dienone is 1. The van der Waals surface area contributed by atoms with Crippen LogP contribution in [0.15, 0.2) is 42.5 Å². The molecule has 2 aromatic rings. The second-order valence-electron chi connectivity index (χ2n) is 8.26. The molecule has 0 heterocycles. The maximum absolute atomic E-state index is 14.9. The molecule has 218 valence electrons. The Morgan fingerprint density at radius 1 is 0.975 bits per heavy atom. The summed E-state index contributed by atoms with van der Waals surface area (Å²) in [5, 5.41) is 2.90. The summed E-state index contributed by atoms with van der Waals surface area (Å²) in [5.74, 6) is -7.46. The van der Waals surface area contributed by atoms with Gasteiger partial charge in [-0.2, -0.15) is 39.5 Å². The Morgan fingerprint density at radius 2 is 1.60 bits per heavy atom. The van der Waals surface area contributed by atoms with Crippen LogP contribution < -0.4 is 10.6 Å². The van der Waals surface area contributed by atoms with Crippen molar-refractivity contribution in [3.8, 4) is 0 Å². The number of alkyl halides is 9. The first-order valence-electron chi connectivity index (χ1n) is 10.8. The topological polar surface area (TPSA) is 75.3 Å². The maximum Gasteiger partial charge on any atom is 0.417 e. The SMILES string of the molecule is C[C@@H](NC(=O)c1ccc(/C(F)=C/C(c2cc(Cl)cc(C=O)c2)C(F)(F)F)cc1C(F)(F)F)C(=O)NCC(F)(F)F. The molecule has 0 radical (unpaired) electrons. The summed E-state index contributed by atoms with van der Waals surface area (Å²) in [4.78, 5) is 35.1. The smallest absolute Gasteiger partial charge is 0.345 e. The molecule has 2 rings (SSSR count). The monoisotopic (exact) mass is 606 g/mol. The van der Waals surface area contributed by atoms with Gasteiger partial charge in [-0.3, -0.25) is 14.4 Å². The number of carbonyl (C=O) groups excluding carboxylic acids is 3. The predicted molar refractivity (Wildman–Crippen MR) is 122 cm³/mol. The van der Waals surface area contributed by atoms with E-state index in [1.165, 1.54) is 5.32 Å². The Kier molecular flexibility index (Phi) is 10.00. The van der Waals surface area contributed by atoms with Crippen LogP contribution in [0.2, 0.25) is 5.02 Å². The van der Waals surface area contributed by atoms with E-state index in [1.807, 2.05) is 0 Å². The van der Waals surface area contributed by atoms with E-state index in [9.17, 15) is 58.3 Å². The number of aldehydes is 1. The molecule has 40 heavy (non-hydrogen) atoms. The quantitative estimate of drug-likeness (QED) is 0.262. The zero-order valence-electron chi connectivity index (χ0n) is 19.9. The molecule has 2 aromatic carbocycles. The largest absolute Gasteiger partial charge is 0.417 e. The van der Waals surface area contributed by atoms with Crippen LogP contribution in [0.1, 0.15) is 50.2 Å². The van der Waals surface area contributed by atoms with Gasteiger partial charge in [-0.25, -0.2) is 4.39 Å². The summed E-state index contributed by atoms with van der Waals surface area (Å²) in [7, 11) is 0. The van der Waals surface area contributed by atoms with Crippen LogP contribution in [0.4, 0.5) is 43.9 Å². The van der Waals surface area contributed by atoms with Gasteiger partial charge in [0.15, 0.2) is 0 Å². The standard InChI is InChI=1S/C24H17ClF10N2O3/c1-11(20(39)36-10-22(27,28)29)37-21(40)16-3-2-13(7-18(16)24(33,34)35)19(26)8-17(23(30,31)32)14-4-12(9-38)5-15(25)6-14/h2-9,11,17H,10H2,1H3,(H,36,39)(H,37,40)/b19-8-/t11-,17?/m1/s1. The molecule has 0 fully saturated rings. The van der Waals surface area contributed by atoms with E-state index in [2.05, 4.69) is 0 Å². The van der Waals surface area contributed by atoms with Crippen molar-refractivity contribution in [3.63, 3.8) is 0 Å². The van der Waals surface area contributed by atoms with Crippen LogP contribution in [-0.4, -0.2) is 43.0 Å². The van der Waals surface area contributed by atoms with E-state index in [0.717, 1.165) is 25.1 Å². The average molecular weight is 607 g/mol. The third kappa shape index (κ3) is 8.96. The van der Waals surface area contributed by atoms with Crippen LogP contribution in [0, 0.1) is 0 Å². The molecule has 0 aromatic heterocycles. The van der Waals surface area contributed by atoms with Gasteiger partial charge < -0.3 is 10.6 Å². The van der Waals surface area contributed by atoms with Crippen LogP contribution in [0.25, 0.3) is 5.83 Å². The molecule has 0 aliphatic heterocycles. The van der Waals surface area contributed by atoms with Crippen molar-refractivity contribution >= 4 is 35.5 Å². The first-order chi connectivity index (χ1) is 18.2. The third-order valence-corrected chi connectivity index (χ3v) is 5.37. The molecule has 1 unspecified atom stereocenters. The van der Waals surface area contributed by atoms with Crippen molar-refractivity contribution in [2.45, 2.75) is 37.4 Å². The van der Waals surface area contributed by atoms with Gasteiger partial charge in [-0.15, -0.1) is 0 Å². The van der Waals surface area contributed by atoms with Gasteiger partial charge in [-0.05, 0) is 48.9 Å². The highest BCUT2D eigenvalue weighted by atomic mass is 35.5. The van der Waals surface area contributed by atoms with E-state index < -0.39 is 76.9 Å². The van der Waals surface area contributed by atoms with E-state index >= 15 is 0 Å². The molecule has 2 atom stereocenters. The fourth-order valence-electron chi connectivity index (χ4n) is 3.31. The van der Waals surface area contributed by atoms with Crippen molar-refractivity contribution in [2.75, 3.05) is 6.54 Å². The molecule has 2 amide bonds. The summed E-state index contributed by atoms with van der Waals surface area (Å²) in [5.41, 5.74) is -4.95. The lowest BCUT2D eigenvalue weighted by Gasteiger charge is -2.19. The summed E-state index contributed by atoms with van der Waals surface area (Å²) in [6, 6.07) is 1.90. The Labute approximate surface area is 224 Å². The molecule has 16 heteroatoms. The van der Waals surface area contributed by atoms with E-state index in [1.54, 1.807) is 5.32 Å². The summed E-state index contributed by atoms with van der Waals surface area (Å²) < 4.78 is 134. The summed E-state index contributed by atoms with van der Waals surface area (Å²) in [6.07, 6.45) is -15.2. The zero-order chi connectivity index (χ0) is 30.6. The molecule has 2 N–H and O–H groups in total. The molecule has 0 aliphatic rings. The lowest BCUT2D eigenvalue weighted by atomic mass is 9.94. The number of halogens is 11. The summed E-state index contributed by atoms with van der Waals surface area (Å²) >= 11 is 5.71. The lowest BCUT2D eigenvalue weighted by Crippen LogP contribution is -2.47. The second kappa shape index (κ2) is 12.3. The van der Waals surface area contributed by atoms with Crippen molar-refractivity contribution in [2.24, 2.45) is 0 Å². The number of rotatable bonds is 8. The number of hydrogen-bond acceptors (Lipinski definition) is 3. The normalized spacial score (nSPS) is 14.3. The average Bonchev–Trinajstić information content (AvgIpc) is 2.82. The summed E-state index contributed by atoms with van der Waals surface area (Å²) in [6.45, 7) is -0.887. The van der Waals surface area contributed by atoms with Crippen LogP contribution in [0.3, 0.4) is 0 Å². The van der Waals surface area contributed by atoms with Gasteiger partial charge >= 0.3 is 18.5 Å². The van der Waals surface area contributed by atoms with Gasteiger partial charge in [0, 0.05) is 16.1 Å². The number of hydrogen-bond donors (Lipinski definition) is 2. The van der Waals surface area contributed by atoms with Crippen molar-refractivity contribution in [3.05, 3.63) is 75.3 Å². The second-order valence-corrected chi connectivity index (χ2v) is 8.69. The molecule has 5 nitrogen and oxygen atoms in total. The first-order valence-corrected chi connectivity index (χ1v) is 11.2. The van der Waals surface area contributed by atoms with Gasteiger partial charge in [0.05, 0.1) is 11.1 Å². The molecule has 0 bridgehead atoms. The minimum absolute atomic E-state index is 0.0391. The molecular weight excluding hydrogens is 590 g/mol. The zero-order valence-corrected chi connectivity index (χ0v) is 20.6. The Hall–Kier alpha value is -3.62. The molecule has 0 saturated carbocycles. The van der Waals surface area contributed by atoms with Crippen molar-refractivity contribution in [1.29, 1.82) is 0 Å². The lowest BCUT2D eigenvalue weighted by molar-refractivity contribution is -0.140. The number of nitrogens with one attached hydrogen (secondary N) is 2. The first kappa shape index (κ1) is 32.6. The highest BCUT2D eigenvalue weighted by Gasteiger charge is 2.41. The van der Waals surface area contributed by atoms with Crippen molar-refractivity contribution < 1.29 is 58.3 Å². The predicted octanol–water partition coefficient (Wildman–Crippen LogP) is 6.62. The minimum Gasteiger partial charge on any atom is -0.345 e. The molecule has 0 spiro atoms. The van der Waals surface area contributed by atoms with Crippen molar-refractivity contribution in [1.82, 2.24) is 10.6 Å². The number of benzene rings is 2. The van der Waals surface area contributed by atoms with Crippen LogP contribution in [-0.2, 0) is 11.0 Å². The van der Waals surface area contributed by atoms with E-state index in [4.69, 9.17) is 11.6 Å². The fourth-order valence-corrected chi connectivity index (χ4v) is 3.56. The molecule has 0 saturated heterocycles. The minimum atomic E-state index is -5.35. The Bertz CT molecular complexity index is 1300. The molecule has 0 aliphatic carbocycles. The number of amides is 2. The highest BCUT2D eigenvalue weighted by Crippen LogP contribution is 2.40. The Balaban J connectivity index is 2.45. The van der Waals surface area contributed by atoms with E-state index in [-0.39, 0.29) is 29.0 Å². The highest BCUT2D eigenvalue weighted by molar-refractivity contribution is 6.30. The van der Waals surface area contributed by atoms with Gasteiger partial charge in [-0.1, -0.05) is 17.7 Å². The molecular formula is C24H17ClF10N2O3. The van der Waals surface area contributed by atoms with Gasteiger partial charge in [0.1, 0.15) is 30.6 Å². The number of carbonyl (C=O) groups is 3. The third-order valence-electron chi connectivity index (χ3n) is 5.15. The van der Waals surface area contributed by atoms with E-state index in [0.29, 0.717) is 12.1 Å². The van der Waals surface area contributed by atoms with Gasteiger partial charge in [0.2, 0.25) is 5.91 Å². The fraction of sp³-hybridized carbons (Fsp3) is 0.292. The Morgan fingerprint density at radius 3 is 2.12 bits per heavy atom. The maximum atomic E-state index is 14.9. The van der Waals surface area contributed by atoms with Gasteiger partial charge in [0.25, 0.3) is 5.91 Å².